The van der Waals surface area contributed by atoms with E-state index in [-0.39, 0.29) is 0 Å². The van der Waals surface area contributed by atoms with Crippen LogP contribution in [0.25, 0.3) is 0 Å². The Balaban J connectivity index is 2.72. The van der Waals surface area contributed by atoms with Crippen LogP contribution in [0, 0.1) is 0 Å². The summed E-state index contributed by atoms with van der Waals surface area (Å²) in [5.41, 5.74) is 7.53. The molecule has 1 aromatic rings. The first-order valence-electron chi connectivity index (χ1n) is 6.01. The lowest BCUT2D eigenvalue weighted by Crippen LogP contribution is -2.32. The number of rotatable bonds is 7. The van der Waals surface area contributed by atoms with Gasteiger partial charge in [-0.2, -0.15) is 0 Å². The molecule has 0 aliphatic rings. The van der Waals surface area contributed by atoms with Crippen molar-refractivity contribution in [3.63, 3.8) is 0 Å². The summed E-state index contributed by atoms with van der Waals surface area (Å²) in [7, 11) is 0. The van der Waals surface area contributed by atoms with E-state index in [1.54, 1.807) is 0 Å². The number of nitrogens with two attached hydrogens (primary N) is 1. The minimum Gasteiger partial charge on any atom is -0.480 e. The molecule has 0 radical (unpaired) electrons. The molecule has 3 N–H and O–H groups in total. The number of likely N-dealkylation sites (N-methyl/N-ethyl adjacent to an activating group) is 1. The maximum Gasteiger partial charge on any atom is 0.320 e. The van der Waals surface area contributed by atoms with Crippen LogP contribution in [-0.4, -0.2) is 30.2 Å². The van der Waals surface area contributed by atoms with Crippen LogP contribution in [0.1, 0.15) is 12.5 Å². The van der Waals surface area contributed by atoms with E-state index < -0.39 is 12.0 Å². The molecule has 0 unspecified atom stereocenters. The molecular weight excluding hydrogens is 228 g/mol. The van der Waals surface area contributed by atoms with Gasteiger partial charge in [0.2, 0.25) is 0 Å². The van der Waals surface area contributed by atoms with Crippen molar-refractivity contribution in [2.45, 2.75) is 19.4 Å². The highest BCUT2D eigenvalue weighted by molar-refractivity contribution is 5.73. The van der Waals surface area contributed by atoms with Gasteiger partial charge >= 0.3 is 5.97 Å². The minimum atomic E-state index is -0.971. The predicted octanol–water partition coefficient (Wildman–Crippen LogP) is 1.65. The molecule has 4 heteroatoms. The van der Waals surface area contributed by atoms with E-state index in [1.165, 1.54) is 0 Å². The Kier molecular flexibility index (Phi) is 5.39. The summed E-state index contributed by atoms with van der Waals surface area (Å²) in [4.78, 5) is 12.8. The Morgan fingerprint density at radius 1 is 1.50 bits per heavy atom. The lowest BCUT2D eigenvalue weighted by Gasteiger charge is -2.21. The molecule has 0 fully saturated rings. The first kappa shape index (κ1) is 14.3. The molecule has 0 spiro atoms. The van der Waals surface area contributed by atoms with Crippen LogP contribution < -0.4 is 10.6 Å². The van der Waals surface area contributed by atoms with E-state index in [2.05, 4.69) is 18.4 Å². The molecule has 0 aromatic heterocycles. The van der Waals surface area contributed by atoms with Gasteiger partial charge in [-0.05, 0) is 31.0 Å². The fraction of sp³-hybridized carbons (Fsp3) is 0.357. The van der Waals surface area contributed by atoms with Gasteiger partial charge in [-0.15, -0.1) is 6.58 Å². The summed E-state index contributed by atoms with van der Waals surface area (Å²) in [5, 5.41) is 8.75. The van der Waals surface area contributed by atoms with Crippen molar-refractivity contribution in [2.75, 3.05) is 18.0 Å². The molecule has 0 amide bonds. The van der Waals surface area contributed by atoms with Gasteiger partial charge in [-0.3, -0.25) is 4.79 Å². The highest BCUT2D eigenvalue weighted by Crippen LogP contribution is 2.15. The molecule has 1 atom stereocenters. The van der Waals surface area contributed by atoms with Crippen LogP contribution in [0.15, 0.2) is 36.9 Å². The van der Waals surface area contributed by atoms with Gasteiger partial charge in [0.05, 0.1) is 0 Å². The number of hydrogen-bond acceptors (Lipinski definition) is 3. The normalized spacial score (nSPS) is 11.9. The second-order valence-corrected chi connectivity index (χ2v) is 4.14. The molecule has 0 saturated heterocycles. The van der Waals surface area contributed by atoms with Crippen LogP contribution in [0.5, 0.6) is 0 Å². The van der Waals surface area contributed by atoms with E-state index >= 15 is 0 Å². The third-order valence-electron chi connectivity index (χ3n) is 2.81. The number of carbonyl (C=O) groups is 1. The Morgan fingerprint density at radius 3 is 2.56 bits per heavy atom. The second kappa shape index (κ2) is 6.81. The number of benzene rings is 1. The van der Waals surface area contributed by atoms with Gasteiger partial charge in [0.1, 0.15) is 6.04 Å². The van der Waals surface area contributed by atoms with Gasteiger partial charge in [0, 0.05) is 18.8 Å². The summed E-state index contributed by atoms with van der Waals surface area (Å²) in [6, 6.07) is 6.97. The molecule has 1 aromatic carbocycles. The molecule has 18 heavy (non-hydrogen) atoms. The third kappa shape index (κ3) is 3.89. The number of hydrogen-bond donors (Lipinski definition) is 2. The van der Waals surface area contributed by atoms with E-state index in [0.29, 0.717) is 6.42 Å². The van der Waals surface area contributed by atoms with Gasteiger partial charge in [-0.1, -0.05) is 18.2 Å². The molecular formula is C14H20N2O2. The smallest absolute Gasteiger partial charge is 0.320 e. The number of aliphatic carboxylic acids is 1. The summed E-state index contributed by atoms with van der Waals surface area (Å²) in [5.74, 6) is -0.971. The topological polar surface area (TPSA) is 66.6 Å². The molecule has 0 bridgehead atoms. The zero-order valence-electron chi connectivity index (χ0n) is 10.7. The zero-order valence-corrected chi connectivity index (χ0v) is 10.7. The second-order valence-electron chi connectivity index (χ2n) is 4.14. The quantitative estimate of drug-likeness (QED) is 0.720. The fourth-order valence-corrected chi connectivity index (χ4v) is 1.76. The maximum absolute atomic E-state index is 10.7. The summed E-state index contributed by atoms with van der Waals surface area (Å²) in [6.45, 7) is 7.51. The molecule has 0 aliphatic carbocycles. The number of nitrogens with zero attached hydrogens (tertiary/aromatic N) is 1. The monoisotopic (exact) mass is 248 g/mol. The largest absolute Gasteiger partial charge is 0.480 e. The average Bonchev–Trinajstić information content (AvgIpc) is 2.37. The SMILES string of the molecule is C=CCN(CC)c1ccc(C[C@H](N)C(=O)O)cc1. The van der Waals surface area contributed by atoms with Crippen molar-refractivity contribution in [2.24, 2.45) is 5.73 Å². The van der Waals surface area contributed by atoms with Crippen molar-refractivity contribution in [3.8, 4) is 0 Å². The predicted molar refractivity (Wildman–Crippen MR) is 73.8 cm³/mol. The molecule has 4 nitrogen and oxygen atoms in total. The van der Waals surface area contributed by atoms with E-state index in [4.69, 9.17) is 10.8 Å². The highest BCUT2D eigenvalue weighted by Gasteiger charge is 2.12. The number of anilines is 1. The van der Waals surface area contributed by atoms with E-state index in [0.717, 1.165) is 24.3 Å². The first-order chi connectivity index (χ1) is 8.58. The van der Waals surface area contributed by atoms with Crippen LogP contribution in [0.2, 0.25) is 0 Å². The molecule has 0 saturated carbocycles. The Labute approximate surface area is 108 Å². The third-order valence-corrected chi connectivity index (χ3v) is 2.81. The standard InChI is InChI=1S/C14H20N2O2/c1-3-9-16(4-2)12-7-5-11(6-8-12)10-13(15)14(17)18/h3,5-8,13H,1,4,9-10,15H2,2H3,(H,17,18)/t13-/m0/s1. The van der Waals surface area contributed by atoms with Crippen LogP contribution >= 0.6 is 0 Å². The lowest BCUT2D eigenvalue weighted by molar-refractivity contribution is -0.138. The van der Waals surface area contributed by atoms with Crippen LogP contribution in [0.4, 0.5) is 5.69 Å². The first-order valence-corrected chi connectivity index (χ1v) is 6.01. The van der Waals surface area contributed by atoms with Crippen molar-refractivity contribution in [1.82, 2.24) is 0 Å². The van der Waals surface area contributed by atoms with Gasteiger partial charge in [0.15, 0.2) is 0 Å². The van der Waals surface area contributed by atoms with Crippen molar-refractivity contribution in [1.29, 1.82) is 0 Å². The Bertz CT molecular complexity index is 401. The fourth-order valence-electron chi connectivity index (χ4n) is 1.76. The van der Waals surface area contributed by atoms with Crippen LogP contribution in [0.3, 0.4) is 0 Å². The molecule has 1 rings (SSSR count). The molecule has 0 heterocycles. The number of carboxylic acids is 1. The molecule has 0 aliphatic heterocycles. The summed E-state index contributed by atoms with van der Waals surface area (Å²) in [6.07, 6.45) is 2.21. The highest BCUT2D eigenvalue weighted by atomic mass is 16.4. The lowest BCUT2D eigenvalue weighted by atomic mass is 10.1. The maximum atomic E-state index is 10.7. The van der Waals surface area contributed by atoms with E-state index in [1.807, 2.05) is 30.3 Å². The summed E-state index contributed by atoms with van der Waals surface area (Å²) >= 11 is 0. The van der Waals surface area contributed by atoms with Crippen molar-refractivity contribution < 1.29 is 9.90 Å². The van der Waals surface area contributed by atoms with E-state index in [9.17, 15) is 4.79 Å². The number of carboxylic acid groups (broad SMARTS) is 1. The van der Waals surface area contributed by atoms with Gasteiger partial charge < -0.3 is 15.7 Å². The Morgan fingerprint density at radius 2 is 2.11 bits per heavy atom. The van der Waals surface area contributed by atoms with Crippen molar-refractivity contribution >= 4 is 11.7 Å². The van der Waals surface area contributed by atoms with Crippen LogP contribution in [-0.2, 0) is 11.2 Å². The average molecular weight is 248 g/mol. The molecule has 98 valence electrons. The van der Waals surface area contributed by atoms with Gasteiger partial charge in [-0.25, -0.2) is 0 Å². The van der Waals surface area contributed by atoms with Gasteiger partial charge in [0.25, 0.3) is 0 Å². The Hall–Kier alpha value is -1.81. The zero-order chi connectivity index (χ0) is 13.5. The summed E-state index contributed by atoms with van der Waals surface area (Å²) < 4.78 is 0. The van der Waals surface area contributed by atoms with Crippen molar-refractivity contribution in [3.05, 3.63) is 42.5 Å². The minimum absolute atomic E-state index is 0.350.